The molecule has 0 aliphatic heterocycles. The number of carbonyl (C=O) groups excluding carboxylic acids is 2. The first-order valence-electron chi connectivity index (χ1n) is 11.4. The summed E-state index contributed by atoms with van der Waals surface area (Å²) in [4.78, 5) is 47.5. The summed E-state index contributed by atoms with van der Waals surface area (Å²) in [6.45, 7) is 2.22. The van der Waals surface area contributed by atoms with Gasteiger partial charge in [-0.25, -0.2) is 9.97 Å². The molecule has 0 saturated heterocycles. The SMILES string of the molecule is Cc1ccc(-c2csc3ncn(CCC(=O)Nc4ccc(C(=O)c5nccn5C)cc4)c(=O)c23)cc1. The van der Waals surface area contributed by atoms with Gasteiger partial charge in [0.2, 0.25) is 11.7 Å². The lowest BCUT2D eigenvalue weighted by atomic mass is 10.1. The number of aromatic nitrogens is 4. The van der Waals surface area contributed by atoms with E-state index in [9.17, 15) is 14.4 Å². The number of benzene rings is 2. The molecule has 2 aromatic carbocycles. The Bertz CT molecular complexity index is 1630. The van der Waals surface area contributed by atoms with Crippen molar-refractivity contribution in [3.63, 3.8) is 0 Å². The zero-order valence-corrected chi connectivity index (χ0v) is 20.6. The number of anilines is 1. The van der Waals surface area contributed by atoms with E-state index in [0.29, 0.717) is 27.3 Å². The highest BCUT2D eigenvalue weighted by Gasteiger charge is 2.15. The fraction of sp³-hybridized carbons (Fsp3) is 0.148. The van der Waals surface area contributed by atoms with Crippen molar-refractivity contribution in [1.82, 2.24) is 19.1 Å². The Labute approximate surface area is 210 Å². The van der Waals surface area contributed by atoms with Crippen LogP contribution in [0.4, 0.5) is 5.69 Å². The average Bonchev–Trinajstić information content (AvgIpc) is 3.51. The lowest BCUT2D eigenvalue weighted by molar-refractivity contribution is -0.116. The molecular weight excluding hydrogens is 474 g/mol. The number of imidazole rings is 1. The third-order valence-electron chi connectivity index (χ3n) is 5.96. The molecule has 0 fully saturated rings. The molecule has 3 heterocycles. The number of hydrogen-bond acceptors (Lipinski definition) is 6. The van der Waals surface area contributed by atoms with Gasteiger partial charge >= 0.3 is 0 Å². The molecule has 5 rings (SSSR count). The number of amides is 1. The molecule has 36 heavy (non-hydrogen) atoms. The fourth-order valence-electron chi connectivity index (χ4n) is 3.94. The van der Waals surface area contributed by atoms with Crippen LogP contribution in [0.3, 0.4) is 0 Å². The van der Waals surface area contributed by atoms with E-state index in [1.54, 1.807) is 48.3 Å². The van der Waals surface area contributed by atoms with Crippen LogP contribution in [0.2, 0.25) is 0 Å². The monoisotopic (exact) mass is 497 g/mol. The number of hydrogen-bond donors (Lipinski definition) is 1. The topological polar surface area (TPSA) is 98.9 Å². The third kappa shape index (κ3) is 4.60. The molecule has 0 spiro atoms. The quantitative estimate of drug-likeness (QED) is 0.336. The molecule has 9 heteroatoms. The molecule has 0 atom stereocenters. The molecule has 1 N–H and O–H groups in total. The highest BCUT2D eigenvalue weighted by atomic mass is 32.1. The van der Waals surface area contributed by atoms with Gasteiger partial charge in [-0.1, -0.05) is 29.8 Å². The maximum atomic E-state index is 13.2. The molecule has 5 aromatic rings. The van der Waals surface area contributed by atoms with Crippen LogP contribution in [0, 0.1) is 6.92 Å². The van der Waals surface area contributed by atoms with Gasteiger partial charge in [0, 0.05) is 54.6 Å². The van der Waals surface area contributed by atoms with E-state index < -0.39 is 0 Å². The van der Waals surface area contributed by atoms with Gasteiger partial charge in [-0.15, -0.1) is 11.3 Å². The van der Waals surface area contributed by atoms with Crippen LogP contribution in [0.15, 0.2) is 77.4 Å². The zero-order valence-electron chi connectivity index (χ0n) is 19.8. The Morgan fingerprint density at radius 1 is 1.03 bits per heavy atom. The standard InChI is InChI=1S/C27H23N5O3S/c1-17-3-5-18(6-4-17)21-15-36-26-23(21)27(35)32(16-29-26)13-11-22(33)30-20-9-7-19(8-10-20)24(34)25-28-12-14-31(25)2/h3-10,12,14-16H,11,13H2,1-2H3,(H,30,33). The van der Waals surface area contributed by atoms with E-state index in [4.69, 9.17) is 0 Å². The van der Waals surface area contributed by atoms with Crippen LogP contribution in [0.5, 0.6) is 0 Å². The van der Waals surface area contributed by atoms with Crippen molar-refractivity contribution in [1.29, 1.82) is 0 Å². The summed E-state index contributed by atoms with van der Waals surface area (Å²) in [6, 6.07) is 14.7. The zero-order chi connectivity index (χ0) is 25.2. The predicted octanol–water partition coefficient (Wildman–Crippen LogP) is 4.43. The first-order valence-corrected chi connectivity index (χ1v) is 12.2. The molecule has 0 saturated carbocycles. The van der Waals surface area contributed by atoms with Crippen molar-refractivity contribution in [3.05, 3.63) is 99.9 Å². The second-order valence-corrected chi connectivity index (χ2v) is 9.36. The summed E-state index contributed by atoms with van der Waals surface area (Å²) in [5.74, 6) is -0.0886. The molecule has 0 aliphatic rings. The number of fused-ring (bicyclic) bond motifs is 1. The minimum Gasteiger partial charge on any atom is -0.331 e. The molecule has 1 amide bonds. The molecule has 0 radical (unpaired) electrons. The van der Waals surface area contributed by atoms with Crippen molar-refractivity contribution in [2.45, 2.75) is 19.9 Å². The summed E-state index contributed by atoms with van der Waals surface area (Å²) in [6.07, 6.45) is 4.88. The fourth-order valence-corrected chi connectivity index (χ4v) is 4.84. The highest BCUT2D eigenvalue weighted by Crippen LogP contribution is 2.30. The largest absolute Gasteiger partial charge is 0.331 e. The predicted molar refractivity (Wildman–Crippen MR) is 140 cm³/mol. The van der Waals surface area contributed by atoms with Crippen molar-refractivity contribution in [2.24, 2.45) is 7.05 Å². The molecular formula is C27H23N5O3S. The summed E-state index contributed by atoms with van der Waals surface area (Å²) in [5.41, 5.74) is 3.85. The molecule has 180 valence electrons. The number of aryl methyl sites for hydroxylation is 3. The molecule has 0 aliphatic carbocycles. The van der Waals surface area contributed by atoms with E-state index in [0.717, 1.165) is 16.7 Å². The second-order valence-electron chi connectivity index (χ2n) is 8.51. The number of thiophene rings is 1. The van der Waals surface area contributed by atoms with Gasteiger partial charge in [0.1, 0.15) is 4.83 Å². The van der Waals surface area contributed by atoms with Crippen molar-refractivity contribution < 1.29 is 9.59 Å². The van der Waals surface area contributed by atoms with E-state index in [2.05, 4.69) is 15.3 Å². The maximum Gasteiger partial charge on any atom is 0.262 e. The summed E-state index contributed by atoms with van der Waals surface area (Å²) >= 11 is 1.43. The lowest BCUT2D eigenvalue weighted by Gasteiger charge is -2.08. The minimum absolute atomic E-state index is 0.102. The Hall–Kier alpha value is -4.37. The molecule has 0 unspecified atom stereocenters. The van der Waals surface area contributed by atoms with Gasteiger partial charge in [0.05, 0.1) is 11.7 Å². The van der Waals surface area contributed by atoms with Gasteiger partial charge in [0.25, 0.3) is 5.56 Å². The van der Waals surface area contributed by atoms with Crippen molar-refractivity contribution in [2.75, 3.05) is 5.32 Å². The lowest BCUT2D eigenvalue weighted by Crippen LogP contribution is -2.23. The number of nitrogens with one attached hydrogen (secondary N) is 1. The first kappa shape index (κ1) is 23.4. The van der Waals surface area contributed by atoms with E-state index in [-0.39, 0.29) is 30.2 Å². The van der Waals surface area contributed by atoms with Crippen molar-refractivity contribution in [3.8, 4) is 11.1 Å². The van der Waals surface area contributed by atoms with E-state index in [1.165, 1.54) is 22.2 Å². The molecule has 8 nitrogen and oxygen atoms in total. The van der Waals surface area contributed by atoms with Gasteiger partial charge in [-0.3, -0.25) is 19.0 Å². The summed E-state index contributed by atoms with van der Waals surface area (Å²) in [5, 5.41) is 5.33. The van der Waals surface area contributed by atoms with Gasteiger partial charge in [-0.05, 0) is 36.8 Å². The third-order valence-corrected chi connectivity index (χ3v) is 6.84. The van der Waals surface area contributed by atoms with Crippen LogP contribution in [-0.4, -0.2) is 30.8 Å². The highest BCUT2D eigenvalue weighted by molar-refractivity contribution is 7.17. The normalized spacial score (nSPS) is 11.1. The molecule has 0 bridgehead atoms. The van der Waals surface area contributed by atoms with Crippen LogP contribution in [0.1, 0.15) is 28.2 Å². The molecule has 3 aromatic heterocycles. The van der Waals surface area contributed by atoms with Crippen LogP contribution < -0.4 is 10.9 Å². The number of nitrogens with zero attached hydrogens (tertiary/aromatic N) is 4. The van der Waals surface area contributed by atoms with E-state index >= 15 is 0 Å². The number of ketones is 1. The second kappa shape index (κ2) is 9.71. The van der Waals surface area contributed by atoms with Crippen molar-refractivity contribution >= 4 is 38.9 Å². The number of rotatable bonds is 7. The van der Waals surface area contributed by atoms with Crippen LogP contribution >= 0.6 is 11.3 Å². The maximum absolute atomic E-state index is 13.2. The van der Waals surface area contributed by atoms with Crippen LogP contribution in [0.25, 0.3) is 21.3 Å². The summed E-state index contributed by atoms with van der Waals surface area (Å²) < 4.78 is 3.13. The Morgan fingerprint density at radius 3 is 2.47 bits per heavy atom. The Kier molecular flexibility index (Phi) is 6.30. The van der Waals surface area contributed by atoms with Gasteiger partial charge in [0.15, 0.2) is 5.82 Å². The van der Waals surface area contributed by atoms with Gasteiger partial charge in [-0.2, -0.15) is 0 Å². The Balaban J connectivity index is 1.27. The smallest absolute Gasteiger partial charge is 0.262 e. The van der Waals surface area contributed by atoms with Crippen LogP contribution in [-0.2, 0) is 18.4 Å². The number of carbonyl (C=O) groups is 2. The van der Waals surface area contributed by atoms with E-state index in [1.807, 2.05) is 36.6 Å². The van der Waals surface area contributed by atoms with Gasteiger partial charge < -0.3 is 9.88 Å². The Morgan fingerprint density at radius 2 is 1.78 bits per heavy atom. The first-order chi connectivity index (χ1) is 17.4. The summed E-state index contributed by atoms with van der Waals surface area (Å²) in [7, 11) is 1.76. The minimum atomic E-state index is -0.241. The average molecular weight is 498 g/mol.